The average molecular weight is 325 g/mol. The maximum absolute atomic E-state index is 6.36. The van der Waals surface area contributed by atoms with E-state index in [0.29, 0.717) is 5.02 Å². The fourth-order valence-electron chi connectivity index (χ4n) is 2.03. The molecule has 1 atom stereocenters. The lowest BCUT2D eigenvalue weighted by Gasteiger charge is -2.18. The molecule has 18 heavy (non-hydrogen) atoms. The van der Waals surface area contributed by atoms with Gasteiger partial charge in [0.15, 0.2) is 0 Å². The van der Waals surface area contributed by atoms with E-state index in [9.17, 15) is 0 Å². The molecule has 94 valence electrons. The summed E-state index contributed by atoms with van der Waals surface area (Å²) in [6.07, 6.45) is 0. The van der Waals surface area contributed by atoms with E-state index in [0.717, 1.165) is 15.6 Å². The van der Waals surface area contributed by atoms with Gasteiger partial charge >= 0.3 is 0 Å². The number of rotatable bonds is 2. The Kier molecular flexibility index (Phi) is 4.10. The second kappa shape index (κ2) is 5.43. The fraction of sp³-hybridized carbons (Fsp3) is 0.200. The summed E-state index contributed by atoms with van der Waals surface area (Å²) >= 11 is 9.48. The van der Waals surface area contributed by atoms with E-state index >= 15 is 0 Å². The number of halogens is 2. The van der Waals surface area contributed by atoms with Gasteiger partial charge in [0.2, 0.25) is 0 Å². The maximum Gasteiger partial charge on any atom is 0.0565 e. The van der Waals surface area contributed by atoms with Gasteiger partial charge in [-0.25, -0.2) is 0 Å². The zero-order chi connectivity index (χ0) is 13.3. The Hall–Kier alpha value is -0.830. The first-order chi connectivity index (χ1) is 8.50. The lowest BCUT2D eigenvalue weighted by atomic mass is 9.93. The first kappa shape index (κ1) is 13.6. The molecule has 0 aliphatic heterocycles. The smallest absolute Gasteiger partial charge is 0.0565 e. The molecule has 0 saturated heterocycles. The van der Waals surface area contributed by atoms with E-state index in [1.807, 2.05) is 24.3 Å². The molecule has 0 aromatic heterocycles. The molecule has 2 N–H and O–H groups in total. The molecular weight excluding hydrogens is 310 g/mol. The van der Waals surface area contributed by atoms with E-state index in [4.69, 9.17) is 17.3 Å². The highest BCUT2D eigenvalue weighted by atomic mass is 79.9. The number of hydrogen-bond donors (Lipinski definition) is 1. The first-order valence-corrected chi connectivity index (χ1v) is 6.94. The second-order valence-corrected chi connectivity index (χ2v) is 5.72. The molecule has 2 rings (SSSR count). The molecule has 3 heteroatoms. The van der Waals surface area contributed by atoms with Gasteiger partial charge in [0.1, 0.15) is 0 Å². The molecule has 1 nitrogen and oxygen atoms in total. The normalized spacial score (nSPS) is 12.5. The van der Waals surface area contributed by atoms with Crippen LogP contribution >= 0.6 is 27.5 Å². The van der Waals surface area contributed by atoms with Crippen molar-refractivity contribution in [2.24, 2.45) is 5.73 Å². The highest BCUT2D eigenvalue weighted by Crippen LogP contribution is 2.31. The van der Waals surface area contributed by atoms with Crippen molar-refractivity contribution in [3.8, 4) is 0 Å². The van der Waals surface area contributed by atoms with Crippen molar-refractivity contribution in [1.82, 2.24) is 0 Å². The van der Waals surface area contributed by atoms with Crippen LogP contribution in [0.1, 0.15) is 28.3 Å². The number of nitrogens with two attached hydrogens (primary N) is 1. The van der Waals surface area contributed by atoms with Gasteiger partial charge in [0.05, 0.1) is 6.04 Å². The highest BCUT2D eigenvalue weighted by Gasteiger charge is 2.15. The van der Waals surface area contributed by atoms with Gasteiger partial charge in [0.25, 0.3) is 0 Å². The minimum Gasteiger partial charge on any atom is -0.320 e. The molecule has 2 aromatic rings. The van der Waals surface area contributed by atoms with Gasteiger partial charge in [-0.05, 0) is 48.2 Å². The molecule has 0 aliphatic rings. The summed E-state index contributed by atoms with van der Waals surface area (Å²) in [6, 6.07) is 11.8. The van der Waals surface area contributed by atoms with Crippen LogP contribution in [0.5, 0.6) is 0 Å². The molecule has 1 unspecified atom stereocenters. The zero-order valence-corrected chi connectivity index (χ0v) is 12.7. The second-order valence-electron chi connectivity index (χ2n) is 4.43. The Balaban J connectivity index is 2.48. The van der Waals surface area contributed by atoms with Crippen molar-refractivity contribution in [3.05, 3.63) is 68.1 Å². The van der Waals surface area contributed by atoms with Crippen molar-refractivity contribution >= 4 is 27.5 Å². The fourth-order valence-corrected chi connectivity index (χ4v) is 2.96. The minimum absolute atomic E-state index is 0.142. The summed E-state index contributed by atoms with van der Waals surface area (Å²) in [5.74, 6) is 0. The molecule has 0 bridgehead atoms. The molecule has 0 fully saturated rings. The van der Waals surface area contributed by atoms with Crippen LogP contribution in [-0.4, -0.2) is 0 Å². The summed E-state index contributed by atoms with van der Waals surface area (Å²) in [4.78, 5) is 0. The summed E-state index contributed by atoms with van der Waals surface area (Å²) in [7, 11) is 0. The number of aryl methyl sites for hydroxylation is 1. The van der Waals surface area contributed by atoms with Crippen LogP contribution in [0, 0.1) is 13.8 Å². The monoisotopic (exact) mass is 323 g/mol. The van der Waals surface area contributed by atoms with Crippen molar-refractivity contribution in [3.63, 3.8) is 0 Å². The van der Waals surface area contributed by atoms with Crippen LogP contribution in [0.15, 0.2) is 40.9 Å². The molecule has 0 saturated carbocycles. The molecule has 0 aliphatic carbocycles. The third-order valence-electron chi connectivity index (χ3n) is 3.28. The molecular formula is C15H15BrClN. The lowest BCUT2D eigenvalue weighted by Crippen LogP contribution is -2.14. The van der Waals surface area contributed by atoms with E-state index in [-0.39, 0.29) is 6.04 Å². The van der Waals surface area contributed by atoms with Crippen molar-refractivity contribution in [2.45, 2.75) is 19.9 Å². The van der Waals surface area contributed by atoms with Crippen molar-refractivity contribution < 1.29 is 0 Å². The Morgan fingerprint density at radius 3 is 2.50 bits per heavy atom. The topological polar surface area (TPSA) is 26.0 Å². The van der Waals surface area contributed by atoms with Gasteiger partial charge in [-0.2, -0.15) is 0 Å². The van der Waals surface area contributed by atoms with Gasteiger partial charge in [-0.15, -0.1) is 0 Å². The maximum atomic E-state index is 6.36. The highest BCUT2D eigenvalue weighted by molar-refractivity contribution is 9.10. The van der Waals surface area contributed by atoms with E-state index in [2.05, 4.69) is 41.9 Å². The van der Waals surface area contributed by atoms with E-state index < -0.39 is 0 Å². The van der Waals surface area contributed by atoms with Crippen LogP contribution in [0.3, 0.4) is 0 Å². The third kappa shape index (κ3) is 2.61. The molecule has 2 aromatic carbocycles. The van der Waals surface area contributed by atoms with Crippen LogP contribution in [0.25, 0.3) is 0 Å². The van der Waals surface area contributed by atoms with Gasteiger partial charge < -0.3 is 5.73 Å². The van der Waals surface area contributed by atoms with Crippen LogP contribution < -0.4 is 5.73 Å². The predicted molar refractivity (Wildman–Crippen MR) is 81.1 cm³/mol. The summed E-state index contributed by atoms with van der Waals surface area (Å²) in [5, 5.41) is 0.707. The Morgan fingerprint density at radius 1 is 1.11 bits per heavy atom. The van der Waals surface area contributed by atoms with Crippen molar-refractivity contribution in [1.29, 1.82) is 0 Å². The van der Waals surface area contributed by atoms with E-state index in [1.54, 1.807) is 0 Å². The van der Waals surface area contributed by atoms with Crippen molar-refractivity contribution in [2.75, 3.05) is 0 Å². The SMILES string of the molecule is Cc1cccc(C(N)c2ccc(Cl)cc2Br)c1C. The largest absolute Gasteiger partial charge is 0.320 e. The Bertz CT molecular complexity index is 581. The van der Waals surface area contributed by atoms with Gasteiger partial charge in [-0.1, -0.05) is 51.8 Å². The Morgan fingerprint density at radius 2 is 1.83 bits per heavy atom. The van der Waals surface area contributed by atoms with Crippen LogP contribution in [0.2, 0.25) is 5.02 Å². The Labute approximate surface area is 121 Å². The molecule has 0 spiro atoms. The minimum atomic E-state index is -0.142. The molecule has 0 heterocycles. The summed E-state index contributed by atoms with van der Waals surface area (Å²) in [5.41, 5.74) is 11.1. The van der Waals surface area contributed by atoms with Gasteiger partial charge in [-0.3, -0.25) is 0 Å². The third-order valence-corrected chi connectivity index (χ3v) is 4.20. The van der Waals surface area contributed by atoms with Crippen LogP contribution in [0.4, 0.5) is 0 Å². The zero-order valence-electron chi connectivity index (χ0n) is 10.4. The summed E-state index contributed by atoms with van der Waals surface area (Å²) < 4.78 is 0.948. The average Bonchev–Trinajstić information content (AvgIpc) is 2.32. The van der Waals surface area contributed by atoms with E-state index in [1.165, 1.54) is 11.1 Å². The lowest BCUT2D eigenvalue weighted by molar-refractivity contribution is 0.854. The molecule has 0 amide bonds. The quantitative estimate of drug-likeness (QED) is 0.846. The number of benzene rings is 2. The van der Waals surface area contributed by atoms with Crippen LogP contribution in [-0.2, 0) is 0 Å². The van der Waals surface area contributed by atoms with Gasteiger partial charge in [0, 0.05) is 9.50 Å². The summed E-state index contributed by atoms with van der Waals surface area (Å²) in [6.45, 7) is 4.21. The standard InChI is InChI=1S/C15H15BrClN/c1-9-4-3-5-12(10(9)2)15(18)13-7-6-11(17)8-14(13)16/h3-8,15H,18H2,1-2H3. The number of hydrogen-bond acceptors (Lipinski definition) is 1. The predicted octanol–water partition coefficient (Wildman–Crippen LogP) is 4.77. The first-order valence-electron chi connectivity index (χ1n) is 5.77. The molecule has 0 radical (unpaired) electrons.